The molecule has 0 fully saturated rings. The zero-order valence-corrected chi connectivity index (χ0v) is 11.8. The SMILES string of the molecule is Cc1ccc(C(=O)Nc2cc(Cl)cc(C(=O)O)c2)cc1O. The van der Waals surface area contributed by atoms with Crippen molar-refractivity contribution in [3.8, 4) is 5.75 Å². The van der Waals surface area contributed by atoms with E-state index in [0.29, 0.717) is 5.56 Å². The van der Waals surface area contributed by atoms with E-state index in [4.69, 9.17) is 16.7 Å². The van der Waals surface area contributed by atoms with E-state index in [1.165, 1.54) is 24.3 Å². The molecule has 21 heavy (non-hydrogen) atoms. The summed E-state index contributed by atoms with van der Waals surface area (Å²) in [5.41, 5.74) is 1.16. The first kappa shape index (κ1) is 14.9. The minimum atomic E-state index is -1.14. The Balaban J connectivity index is 2.27. The standard InChI is InChI=1S/C15H12ClNO4/c1-8-2-3-9(6-13(8)18)14(19)17-12-5-10(15(20)21)4-11(16)7-12/h2-7,18H,1H3,(H,17,19)(H,20,21). The fourth-order valence-electron chi connectivity index (χ4n) is 1.74. The summed E-state index contributed by atoms with van der Waals surface area (Å²) in [6, 6.07) is 8.56. The summed E-state index contributed by atoms with van der Waals surface area (Å²) in [6.45, 7) is 1.72. The predicted octanol–water partition coefficient (Wildman–Crippen LogP) is 3.30. The van der Waals surface area contributed by atoms with Crippen LogP contribution >= 0.6 is 11.6 Å². The number of phenolic OH excluding ortho intramolecular Hbond substituents is 1. The second kappa shape index (κ2) is 5.85. The van der Waals surface area contributed by atoms with Gasteiger partial charge >= 0.3 is 5.97 Å². The molecule has 0 unspecified atom stereocenters. The summed E-state index contributed by atoms with van der Waals surface area (Å²) in [4.78, 5) is 23.0. The number of aryl methyl sites for hydroxylation is 1. The van der Waals surface area contributed by atoms with Gasteiger partial charge in [0.2, 0.25) is 0 Å². The fourth-order valence-corrected chi connectivity index (χ4v) is 1.97. The number of anilines is 1. The molecule has 0 radical (unpaired) electrons. The maximum atomic E-state index is 12.1. The van der Waals surface area contributed by atoms with Crippen molar-refractivity contribution in [2.75, 3.05) is 5.32 Å². The van der Waals surface area contributed by atoms with Crippen molar-refractivity contribution in [1.29, 1.82) is 0 Å². The second-order valence-corrected chi connectivity index (χ2v) is 4.93. The number of carbonyl (C=O) groups is 2. The Bertz CT molecular complexity index is 728. The number of hydrogen-bond donors (Lipinski definition) is 3. The molecule has 0 saturated carbocycles. The van der Waals surface area contributed by atoms with Crippen LogP contribution in [0.2, 0.25) is 5.02 Å². The van der Waals surface area contributed by atoms with Crippen molar-refractivity contribution in [1.82, 2.24) is 0 Å². The third-order valence-corrected chi connectivity index (χ3v) is 3.09. The molecule has 3 N–H and O–H groups in total. The Morgan fingerprint density at radius 2 is 1.81 bits per heavy atom. The van der Waals surface area contributed by atoms with Crippen LogP contribution in [-0.4, -0.2) is 22.1 Å². The molecule has 108 valence electrons. The van der Waals surface area contributed by atoms with E-state index >= 15 is 0 Å². The van der Waals surface area contributed by atoms with E-state index in [9.17, 15) is 14.7 Å². The Kier molecular flexibility index (Phi) is 4.14. The Morgan fingerprint density at radius 1 is 1.10 bits per heavy atom. The number of carboxylic acid groups (broad SMARTS) is 1. The van der Waals surface area contributed by atoms with Crippen LogP contribution in [0.1, 0.15) is 26.3 Å². The van der Waals surface area contributed by atoms with Crippen molar-refractivity contribution >= 4 is 29.2 Å². The number of phenols is 1. The van der Waals surface area contributed by atoms with Gasteiger partial charge in [-0.1, -0.05) is 17.7 Å². The molecule has 5 nitrogen and oxygen atoms in total. The van der Waals surface area contributed by atoms with Crippen LogP contribution in [0, 0.1) is 6.92 Å². The summed E-state index contributed by atoms with van der Waals surface area (Å²) >= 11 is 5.81. The molecular formula is C15H12ClNO4. The van der Waals surface area contributed by atoms with Crippen LogP contribution in [0.3, 0.4) is 0 Å². The summed E-state index contributed by atoms with van der Waals surface area (Å²) in [5.74, 6) is -1.59. The molecule has 0 spiro atoms. The van der Waals surface area contributed by atoms with E-state index in [0.717, 1.165) is 0 Å². The van der Waals surface area contributed by atoms with Crippen LogP contribution in [0.4, 0.5) is 5.69 Å². The topological polar surface area (TPSA) is 86.6 Å². The van der Waals surface area contributed by atoms with E-state index in [1.54, 1.807) is 19.1 Å². The summed E-state index contributed by atoms with van der Waals surface area (Å²) in [5, 5.41) is 21.3. The smallest absolute Gasteiger partial charge is 0.335 e. The molecule has 0 aliphatic carbocycles. The first-order chi connectivity index (χ1) is 9.86. The van der Waals surface area contributed by atoms with E-state index in [2.05, 4.69) is 5.32 Å². The highest BCUT2D eigenvalue weighted by Gasteiger charge is 2.11. The van der Waals surface area contributed by atoms with Crippen molar-refractivity contribution in [2.24, 2.45) is 0 Å². The van der Waals surface area contributed by atoms with Gasteiger partial charge in [0.1, 0.15) is 5.75 Å². The minimum Gasteiger partial charge on any atom is -0.508 e. The normalized spacial score (nSPS) is 10.2. The van der Waals surface area contributed by atoms with E-state index in [1.807, 2.05) is 0 Å². The largest absolute Gasteiger partial charge is 0.508 e. The maximum Gasteiger partial charge on any atom is 0.335 e. The average molecular weight is 306 g/mol. The lowest BCUT2D eigenvalue weighted by Gasteiger charge is -2.08. The molecule has 6 heteroatoms. The van der Waals surface area contributed by atoms with Crippen molar-refractivity contribution in [2.45, 2.75) is 6.92 Å². The van der Waals surface area contributed by atoms with Gasteiger partial charge in [-0.05, 0) is 42.8 Å². The molecule has 0 saturated heterocycles. The molecule has 0 heterocycles. The molecule has 2 aromatic carbocycles. The number of nitrogens with one attached hydrogen (secondary N) is 1. The highest BCUT2D eigenvalue weighted by molar-refractivity contribution is 6.31. The van der Waals surface area contributed by atoms with Gasteiger partial charge in [0.05, 0.1) is 5.56 Å². The third-order valence-electron chi connectivity index (χ3n) is 2.87. The Hall–Kier alpha value is -2.53. The van der Waals surface area contributed by atoms with Gasteiger partial charge in [-0.25, -0.2) is 4.79 Å². The number of aromatic hydroxyl groups is 1. The quantitative estimate of drug-likeness (QED) is 0.812. The minimum absolute atomic E-state index is 0.0139. The van der Waals surface area contributed by atoms with E-state index < -0.39 is 11.9 Å². The first-order valence-corrected chi connectivity index (χ1v) is 6.39. The van der Waals surface area contributed by atoms with Gasteiger partial charge in [-0.2, -0.15) is 0 Å². The lowest BCUT2D eigenvalue weighted by atomic mass is 10.1. The van der Waals surface area contributed by atoms with Gasteiger partial charge in [0.25, 0.3) is 5.91 Å². The van der Waals surface area contributed by atoms with Crippen molar-refractivity contribution in [3.05, 3.63) is 58.1 Å². The molecule has 0 atom stereocenters. The summed E-state index contributed by atoms with van der Waals surface area (Å²) < 4.78 is 0. The van der Waals surface area contributed by atoms with Crippen LogP contribution in [0.5, 0.6) is 5.75 Å². The molecular weight excluding hydrogens is 294 g/mol. The average Bonchev–Trinajstić information content (AvgIpc) is 2.41. The molecule has 0 aliphatic rings. The monoisotopic (exact) mass is 305 g/mol. The number of carbonyl (C=O) groups excluding carboxylic acids is 1. The number of halogens is 1. The van der Waals surface area contributed by atoms with Gasteiger partial charge in [-0.15, -0.1) is 0 Å². The number of carboxylic acids is 1. The van der Waals surface area contributed by atoms with Crippen molar-refractivity contribution in [3.63, 3.8) is 0 Å². The summed E-state index contributed by atoms with van der Waals surface area (Å²) in [7, 11) is 0. The van der Waals surface area contributed by atoms with Gasteiger partial charge in [0, 0.05) is 16.3 Å². The molecule has 2 rings (SSSR count). The van der Waals surface area contributed by atoms with Gasteiger partial charge in [-0.3, -0.25) is 4.79 Å². The number of benzene rings is 2. The second-order valence-electron chi connectivity index (χ2n) is 4.49. The number of aromatic carboxylic acids is 1. The van der Waals surface area contributed by atoms with Crippen LogP contribution < -0.4 is 5.32 Å². The molecule has 0 aliphatic heterocycles. The molecule has 2 aromatic rings. The Morgan fingerprint density at radius 3 is 2.43 bits per heavy atom. The fraction of sp³-hybridized carbons (Fsp3) is 0.0667. The van der Waals surface area contributed by atoms with Crippen molar-refractivity contribution < 1.29 is 19.8 Å². The Labute approximate surface area is 125 Å². The predicted molar refractivity (Wildman–Crippen MR) is 79.2 cm³/mol. The first-order valence-electron chi connectivity index (χ1n) is 6.01. The number of amides is 1. The van der Waals surface area contributed by atoms with E-state index in [-0.39, 0.29) is 27.6 Å². The lowest BCUT2D eigenvalue weighted by Crippen LogP contribution is -2.12. The molecule has 1 amide bonds. The zero-order chi connectivity index (χ0) is 15.6. The lowest BCUT2D eigenvalue weighted by molar-refractivity contribution is 0.0696. The number of rotatable bonds is 3. The van der Waals surface area contributed by atoms with Crippen LogP contribution in [0.25, 0.3) is 0 Å². The van der Waals surface area contributed by atoms with Crippen LogP contribution in [-0.2, 0) is 0 Å². The van der Waals surface area contributed by atoms with Crippen LogP contribution in [0.15, 0.2) is 36.4 Å². The molecule has 0 bridgehead atoms. The zero-order valence-electron chi connectivity index (χ0n) is 11.1. The van der Waals surface area contributed by atoms with Gasteiger partial charge < -0.3 is 15.5 Å². The van der Waals surface area contributed by atoms with Gasteiger partial charge in [0.15, 0.2) is 0 Å². The maximum absolute atomic E-state index is 12.1. The number of hydrogen-bond acceptors (Lipinski definition) is 3. The highest BCUT2D eigenvalue weighted by atomic mass is 35.5. The third kappa shape index (κ3) is 3.52. The summed E-state index contributed by atoms with van der Waals surface area (Å²) in [6.07, 6.45) is 0. The molecule has 0 aromatic heterocycles. The highest BCUT2D eigenvalue weighted by Crippen LogP contribution is 2.21.